The molecule has 0 aliphatic carbocycles. The highest BCUT2D eigenvalue weighted by molar-refractivity contribution is 5.98. The van der Waals surface area contributed by atoms with Gasteiger partial charge in [-0.1, -0.05) is 42.5 Å². The van der Waals surface area contributed by atoms with Gasteiger partial charge in [-0.05, 0) is 38.2 Å². The number of benzene rings is 1. The summed E-state index contributed by atoms with van der Waals surface area (Å²) in [5.41, 5.74) is -1.44. The van der Waals surface area contributed by atoms with Gasteiger partial charge in [-0.2, -0.15) is 0 Å². The van der Waals surface area contributed by atoms with Gasteiger partial charge in [-0.15, -0.1) is 13.2 Å². The molecule has 2 amide bonds. The van der Waals surface area contributed by atoms with Gasteiger partial charge >= 0.3 is 5.97 Å². The van der Waals surface area contributed by atoms with Crippen molar-refractivity contribution >= 4 is 17.8 Å². The number of hydrogen-bond donors (Lipinski definition) is 1. The summed E-state index contributed by atoms with van der Waals surface area (Å²) in [6, 6.07) is 7.42. The SMILES string of the molecule is C=CCCCOC(=O)[C@@H]1[C@H]2C(=O)N([C@H](CO)c3ccccc3)C(C(=O)N(CC=C)CCN3CCOCC3)C23CC[C@@]1(C)O3. The summed E-state index contributed by atoms with van der Waals surface area (Å²) in [6.07, 6.45) is 5.77. The molecule has 2 bridgehead atoms. The second kappa shape index (κ2) is 13.3. The number of carbonyl (C=O) groups excluding carboxylic acids is 3. The molecular weight excluding hydrogens is 550 g/mol. The van der Waals surface area contributed by atoms with Gasteiger partial charge in [0.1, 0.15) is 17.6 Å². The minimum Gasteiger partial charge on any atom is -0.465 e. The first kappa shape index (κ1) is 31.4. The predicted octanol–water partition coefficient (Wildman–Crippen LogP) is 2.34. The standard InChI is InChI=1S/C33H45N3O7/c1-4-6-10-20-42-31(40)27-26-29(38)36(25(23-37)24-11-8-7-9-12-24)28(33(26)14-13-32(27,3)43-33)30(39)35(15-5-2)17-16-34-18-21-41-22-19-34/h4-5,7-9,11-12,25-28,37H,1-2,6,10,13-23H2,3H3/t25-,26+,27+,28?,32-,33?/m1/s1. The quantitative estimate of drug-likeness (QED) is 0.198. The molecule has 1 aromatic carbocycles. The van der Waals surface area contributed by atoms with E-state index < -0.39 is 41.1 Å². The highest BCUT2D eigenvalue weighted by Crippen LogP contribution is 2.64. The molecular formula is C33H45N3O7. The molecule has 5 rings (SSSR count). The van der Waals surface area contributed by atoms with Crippen LogP contribution in [0.15, 0.2) is 55.6 Å². The molecule has 10 heteroatoms. The molecule has 2 unspecified atom stereocenters. The molecule has 234 valence electrons. The molecule has 0 saturated carbocycles. The maximum atomic E-state index is 14.7. The third kappa shape index (κ3) is 5.78. The lowest BCUT2D eigenvalue weighted by molar-refractivity contribution is -0.162. The molecule has 6 atom stereocenters. The maximum Gasteiger partial charge on any atom is 0.312 e. The summed E-state index contributed by atoms with van der Waals surface area (Å²) in [6.45, 7) is 13.6. The Kier molecular flexibility index (Phi) is 9.70. The summed E-state index contributed by atoms with van der Waals surface area (Å²) in [4.78, 5) is 48.4. The van der Waals surface area contributed by atoms with Crippen LogP contribution in [-0.2, 0) is 28.6 Å². The number of amides is 2. The van der Waals surface area contributed by atoms with Gasteiger partial charge in [0.05, 0.1) is 44.0 Å². The van der Waals surface area contributed by atoms with E-state index in [0.717, 1.165) is 13.1 Å². The van der Waals surface area contributed by atoms with Crippen molar-refractivity contribution in [2.45, 2.75) is 55.9 Å². The third-order valence-electron chi connectivity index (χ3n) is 9.64. The zero-order chi connectivity index (χ0) is 30.6. The Hall–Kier alpha value is -3.05. The van der Waals surface area contributed by atoms with Crippen molar-refractivity contribution in [2.24, 2.45) is 11.8 Å². The second-order valence-corrected chi connectivity index (χ2v) is 12.2. The Bertz CT molecular complexity index is 1190. The van der Waals surface area contributed by atoms with Gasteiger partial charge in [-0.25, -0.2) is 0 Å². The molecule has 4 saturated heterocycles. The van der Waals surface area contributed by atoms with Crippen LogP contribution in [-0.4, -0.2) is 114 Å². The van der Waals surface area contributed by atoms with Crippen LogP contribution in [0.5, 0.6) is 0 Å². The number of fused-ring (bicyclic) bond motifs is 1. The number of rotatable bonds is 14. The first-order chi connectivity index (χ1) is 20.8. The van der Waals surface area contributed by atoms with E-state index in [0.29, 0.717) is 64.1 Å². The fourth-order valence-electron chi connectivity index (χ4n) is 7.56. The number of aliphatic hydroxyl groups is 1. The van der Waals surface area contributed by atoms with Crippen LogP contribution in [0.3, 0.4) is 0 Å². The molecule has 10 nitrogen and oxygen atoms in total. The lowest BCUT2D eigenvalue weighted by Gasteiger charge is -2.40. The van der Waals surface area contributed by atoms with E-state index in [1.165, 1.54) is 4.90 Å². The number of morpholine rings is 1. The molecule has 0 aromatic heterocycles. The summed E-state index contributed by atoms with van der Waals surface area (Å²) in [7, 11) is 0. The van der Waals surface area contributed by atoms with Gasteiger partial charge in [0.25, 0.3) is 0 Å². The Labute approximate surface area is 254 Å². The highest BCUT2D eigenvalue weighted by Gasteiger charge is 2.79. The van der Waals surface area contributed by atoms with Crippen LogP contribution in [0.25, 0.3) is 0 Å². The van der Waals surface area contributed by atoms with Crippen LogP contribution in [0.4, 0.5) is 0 Å². The first-order valence-electron chi connectivity index (χ1n) is 15.5. The molecule has 4 fully saturated rings. The number of carbonyl (C=O) groups is 3. The lowest BCUT2D eigenvalue weighted by Crippen LogP contribution is -2.58. The van der Waals surface area contributed by atoms with Crippen LogP contribution < -0.4 is 0 Å². The van der Waals surface area contributed by atoms with E-state index in [1.54, 1.807) is 17.1 Å². The van der Waals surface area contributed by atoms with Gasteiger partial charge in [0, 0.05) is 32.7 Å². The number of hydrogen-bond acceptors (Lipinski definition) is 8. The van der Waals surface area contributed by atoms with Crippen LogP contribution >= 0.6 is 0 Å². The zero-order valence-electron chi connectivity index (χ0n) is 25.2. The molecule has 4 aliphatic rings. The largest absolute Gasteiger partial charge is 0.465 e. The number of esters is 1. The molecule has 43 heavy (non-hydrogen) atoms. The van der Waals surface area contributed by atoms with Gasteiger partial charge < -0.3 is 29.1 Å². The number of allylic oxidation sites excluding steroid dienone is 1. The Balaban J connectivity index is 1.51. The summed E-state index contributed by atoms with van der Waals surface area (Å²) in [5, 5.41) is 10.7. The normalized spacial score (nSPS) is 30.6. The minimum absolute atomic E-state index is 0.218. The van der Waals surface area contributed by atoms with E-state index in [9.17, 15) is 19.5 Å². The fraction of sp³-hybridized carbons (Fsp3) is 0.606. The van der Waals surface area contributed by atoms with Crippen molar-refractivity contribution in [1.29, 1.82) is 0 Å². The van der Waals surface area contributed by atoms with E-state index in [1.807, 2.05) is 37.3 Å². The summed E-state index contributed by atoms with van der Waals surface area (Å²) < 4.78 is 17.9. The van der Waals surface area contributed by atoms with E-state index in [4.69, 9.17) is 14.2 Å². The molecule has 4 aliphatic heterocycles. The minimum atomic E-state index is -1.21. The Morgan fingerprint density at radius 3 is 2.60 bits per heavy atom. The molecule has 1 spiro atoms. The van der Waals surface area contributed by atoms with Crippen LogP contribution in [0, 0.1) is 11.8 Å². The van der Waals surface area contributed by atoms with E-state index in [2.05, 4.69) is 18.1 Å². The Morgan fingerprint density at radius 1 is 1.19 bits per heavy atom. The Morgan fingerprint density at radius 2 is 1.93 bits per heavy atom. The molecule has 1 N–H and O–H groups in total. The monoisotopic (exact) mass is 595 g/mol. The maximum absolute atomic E-state index is 14.7. The van der Waals surface area contributed by atoms with Crippen molar-refractivity contribution in [3.63, 3.8) is 0 Å². The average molecular weight is 596 g/mol. The second-order valence-electron chi connectivity index (χ2n) is 12.2. The van der Waals surface area contributed by atoms with Crippen molar-refractivity contribution < 1.29 is 33.7 Å². The van der Waals surface area contributed by atoms with E-state index in [-0.39, 0.29) is 25.0 Å². The van der Waals surface area contributed by atoms with Crippen LogP contribution in [0.1, 0.15) is 44.2 Å². The highest BCUT2D eigenvalue weighted by atomic mass is 16.6. The topological polar surface area (TPSA) is 109 Å². The fourth-order valence-corrected chi connectivity index (χ4v) is 7.56. The number of likely N-dealkylation sites (tertiary alicyclic amines) is 1. The zero-order valence-corrected chi connectivity index (χ0v) is 25.2. The van der Waals surface area contributed by atoms with Gasteiger partial charge in [0.15, 0.2) is 0 Å². The summed E-state index contributed by atoms with van der Waals surface area (Å²) in [5.74, 6) is -2.84. The summed E-state index contributed by atoms with van der Waals surface area (Å²) >= 11 is 0. The van der Waals surface area contributed by atoms with Gasteiger partial charge in [-0.3, -0.25) is 19.3 Å². The van der Waals surface area contributed by atoms with Crippen molar-refractivity contribution in [2.75, 3.05) is 59.2 Å². The number of nitrogens with zero attached hydrogens (tertiary/aromatic N) is 3. The predicted molar refractivity (Wildman–Crippen MR) is 160 cm³/mol. The van der Waals surface area contributed by atoms with Crippen LogP contribution in [0.2, 0.25) is 0 Å². The number of ether oxygens (including phenoxy) is 3. The third-order valence-corrected chi connectivity index (χ3v) is 9.64. The van der Waals surface area contributed by atoms with Gasteiger partial charge in [0.2, 0.25) is 11.8 Å². The molecule has 1 aromatic rings. The molecule has 0 radical (unpaired) electrons. The lowest BCUT2D eigenvalue weighted by atomic mass is 9.66. The number of aliphatic hydroxyl groups excluding tert-OH is 1. The first-order valence-corrected chi connectivity index (χ1v) is 15.5. The van der Waals surface area contributed by atoms with Crippen molar-refractivity contribution in [3.05, 3.63) is 61.2 Å². The number of unbranched alkanes of at least 4 members (excludes halogenated alkanes) is 1. The molecule has 4 heterocycles. The van der Waals surface area contributed by atoms with Crippen molar-refractivity contribution in [1.82, 2.24) is 14.7 Å². The van der Waals surface area contributed by atoms with E-state index >= 15 is 0 Å². The van der Waals surface area contributed by atoms with Crippen molar-refractivity contribution in [3.8, 4) is 0 Å². The smallest absolute Gasteiger partial charge is 0.312 e. The average Bonchev–Trinajstić information content (AvgIpc) is 3.59.